The van der Waals surface area contributed by atoms with Crippen LogP contribution in [-0.4, -0.2) is 47.6 Å². The van der Waals surface area contributed by atoms with Crippen molar-refractivity contribution < 1.29 is 0 Å². The number of aryl methyl sites for hydroxylation is 1. The van der Waals surface area contributed by atoms with Gasteiger partial charge in [-0.25, -0.2) is 0 Å². The summed E-state index contributed by atoms with van der Waals surface area (Å²) in [5, 5.41) is 4.17. The van der Waals surface area contributed by atoms with Crippen LogP contribution in [0.2, 0.25) is 0 Å². The molecule has 0 amide bonds. The van der Waals surface area contributed by atoms with Crippen LogP contribution in [0.3, 0.4) is 0 Å². The highest BCUT2D eigenvalue weighted by Crippen LogP contribution is 2.11. The van der Waals surface area contributed by atoms with Crippen LogP contribution in [0, 0.1) is 6.92 Å². The first-order valence-corrected chi connectivity index (χ1v) is 7.45. The van der Waals surface area contributed by atoms with Gasteiger partial charge >= 0.3 is 0 Å². The highest BCUT2D eigenvalue weighted by molar-refractivity contribution is 7.80. The van der Waals surface area contributed by atoms with Gasteiger partial charge in [-0.05, 0) is 44.2 Å². The third kappa shape index (κ3) is 4.18. The second-order valence-electron chi connectivity index (χ2n) is 5.12. The lowest BCUT2D eigenvalue weighted by atomic mass is 10.2. The van der Waals surface area contributed by atoms with Crippen molar-refractivity contribution in [1.29, 1.82) is 0 Å². The van der Waals surface area contributed by atoms with Gasteiger partial charge in [-0.2, -0.15) is 0 Å². The summed E-state index contributed by atoms with van der Waals surface area (Å²) in [4.78, 5) is 4.77. The zero-order valence-corrected chi connectivity index (χ0v) is 12.7. The number of thiocarbonyl (C=S) groups is 1. The SMILES string of the molecule is CCCN1CCN(C(=S)Nc2ccc(C)cc2)CC1. The van der Waals surface area contributed by atoms with Crippen LogP contribution in [0.4, 0.5) is 5.69 Å². The van der Waals surface area contributed by atoms with E-state index in [1.807, 2.05) is 0 Å². The smallest absolute Gasteiger partial charge is 0.173 e. The van der Waals surface area contributed by atoms with Gasteiger partial charge in [0.2, 0.25) is 0 Å². The molecule has 0 unspecified atom stereocenters. The first-order valence-electron chi connectivity index (χ1n) is 7.04. The van der Waals surface area contributed by atoms with Gasteiger partial charge < -0.3 is 10.2 Å². The Balaban J connectivity index is 1.83. The predicted octanol–water partition coefficient (Wildman–Crippen LogP) is 2.72. The fourth-order valence-corrected chi connectivity index (χ4v) is 2.63. The normalized spacial score (nSPS) is 16.4. The quantitative estimate of drug-likeness (QED) is 0.856. The maximum atomic E-state index is 5.49. The molecule has 4 heteroatoms. The fourth-order valence-electron chi connectivity index (χ4n) is 2.33. The van der Waals surface area contributed by atoms with Gasteiger partial charge in [0.1, 0.15) is 0 Å². The van der Waals surface area contributed by atoms with E-state index in [4.69, 9.17) is 12.2 Å². The molecule has 1 aromatic carbocycles. The predicted molar refractivity (Wildman–Crippen MR) is 85.7 cm³/mol. The molecule has 1 fully saturated rings. The number of nitrogens with one attached hydrogen (secondary N) is 1. The largest absolute Gasteiger partial charge is 0.346 e. The minimum Gasteiger partial charge on any atom is -0.346 e. The third-order valence-electron chi connectivity index (χ3n) is 3.50. The van der Waals surface area contributed by atoms with Gasteiger partial charge in [-0.1, -0.05) is 24.6 Å². The fraction of sp³-hybridized carbons (Fsp3) is 0.533. The molecule has 1 aromatic rings. The van der Waals surface area contributed by atoms with Crippen molar-refractivity contribution in [3.05, 3.63) is 29.8 Å². The van der Waals surface area contributed by atoms with Crippen LogP contribution in [0.1, 0.15) is 18.9 Å². The van der Waals surface area contributed by atoms with Gasteiger partial charge in [0, 0.05) is 31.9 Å². The summed E-state index contributed by atoms with van der Waals surface area (Å²) in [5.74, 6) is 0. The van der Waals surface area contributed by atoms with Crippen molar-refractivity contribution in [2.75, 3.05) is 38.0 Å². The first kappa shape index (κ1) is 14.3. The van der Waals surface area contributed by atoms with Crippen LogP contribution in [-0.2, 0) is 0 Å². The van der Waals surface area contributed by atoms with E-state index in [1.54, 1.807) is 0 Å². The molecule has 0 spiro atoms. The molecule has 3 nitrogen and oxygen atoms in total. The van der Waals surface area contributed by atoms with E-state index in [-0.39, 0.29) is 0 Å². The van der Waals surface area contributed by atoms with Gasteiger partial charge in [-0.15, -0.1) is 0 Å². The summed E-state index contributed by atoms with van der Waals surface area (Å²) in [5.41, 5.74) is 2.34. The Morgan fingerprint density at radius 3 is 2.37 bits per heavy atom. The van der Waals surface area contributed by atoms with Crippen molar-refractivity contribution in [2.24, 2.45) is 0 Å². The molecule has 0 aliphatic carbocycles. The van der Waals surface area contributed by atoms with Crippen LogP contribution in [0.5, 0.6) is 0 Å². The van der Waals surface area contributed by atoms with Gasteiger partial charge in [-0.3, -0.25) is 4.90 Å². The van der Waals surface area contributed by atoms with E-state index in [2.05, 4.69) is 53.2 Å². The first-order chi connectivity index (χ1) is 9.19. The molecule has 1 N–H and O–H groups in total. The molecule has 0 aromatic heterocycles. The summed E-state index contributed by atoms with van der Waals surface area (Å²) in [6.07, 6.45) is 1.23. The lowest BCUT2D eigenvalue weighted by molar-refractivity contribution is 0.184. The zero-order valence-electron chi connectivity index (χ0n) is 11.9. The molecule has 0 radical (unpaired) electrons. The molecule has 0 bridgehead atoms. The molecule has 19 heavy (non-hydrogen) atoms. The Bertz CT molecular complexity index is 408. The Hall–Kier alpha value is -1.13. The average molecular weight is 277 g/mol. The number of benzene rings is 1. The van der Waals surface area contributed by atoms with Crippen LogP contribution >= 0.6 is 12.2 Å². The van der Waals surface area contributed by atoms with E-state index < -0.39 is 0 Å². The lowest BCUT2D eigenvalue weighted by Gasteiger charge is -2.36. The monoisotopic (exact) mass is 277 g/mol. The molecule has 1 aliphatic rings. The van der Waals surface area contributed by atoms with E-state index in [0.29, 0.717) is 0 Å². The number of anilines is 1. The van der Waals surface area contributed by atoms with E-state index in [0.717, 1.165) is 37.0 Å². The Labute approximate surface area is 121 Å². The number of hydrogen-bond acceptors (Lipinski definition) is 2. The van der Waals surface area contributed by atoms with Gasteiger partial charge in [0.25, 0.3) is 0 Å². The molecular formula is C15H23N3S. The average Bonchev–Trinajstić information content (AvgIpc) is 2.42. The molecular weight excluding hydrogens is 254 g/mol. The van der Waals surface area contributed by atoms with E-state index in [9.17, 15) is 0 Å². The molecule has 2 rings (SSSR count). The highest BCUT2D eigenvalue weighted by atomic mass is 32.1. The lowest BCUT2D eigenvalue weighted by Crippen LogP contribution is -2.49. The van der Waals surface area contributed by atoms with Gasteiger partial charge in [0.15, 0.2) is 5.11 Å². The summed E-state index contributed by atoms with van der Waals surface area (Å²) < 4.78 is 0. The molecule has 1 heterocycles. The number of nitrogens with zero attached hydrogens (tertiary/aromatic N) is 2. The molecule has 0 saturated carbocycles. The summed E-state index contributed by atoms with van der Waals surface area (Å²) in [6, 6.07) is 8.36. The van der Waals surface area contributed by atoms with Crippen LogP contribution in [0.25, 0.3) is 0 Å². The van der Waals surface area contributed by atoms with Crippen molar-refractivity contribution in [1.82, 2.24) is 9.80 Å². The standard InChI is InChI=1S/C15H23N3S/c1-3-8-17-9-11-18(12-10-17)15(19)16-14-6-4-13(2)5-7-14/h4-7H,3,8-12H2,1-2H3,(H,16,19). The topological polar surface area (TPSA) is 18.5 Å². The minimum atomic E-state index is 0.847. The molecule has 104 valence electrons. The van der Waals surface area contributed by atoms with E-state index >= 15 is 0 Å². The van der Waals surface area contributed by atoms with Gasteiger partial charge in [0.05, 0.1) is 0 Å². The number of piperazine rings is 1. The Morgan fingerprint density at radius 1 is 1.16 bits per heavy atom. The second kappa shape index (κ2) is 6.87. The maximum Gasteiger partial charge on any atom is 0.173 e. The molecule has 1 aliphatic heterocycles. The molecule has 1 saturated heterocycles. The zero-order chi connectivity index (χ0) is 13.7. The summed E-state index contributed by atoms with van der Waals surface area (Å²) in [7, 11) is 0. The summed E-state index contributed by atoms with van der Waals surface area (Å²) in [6.45, 7) is 9.81. The van der Waals surface area contributed by atoms with Crippen molar-refractivity contribution in [3.8, 4) is 0 Å². The number of hydrogen-bond donors (Lipinski definition) is 1. The third-order valence-corrected chi connectivity index (χ3v) is 3.86. The van der Waals surface area contributed by atoms with Crippen LogP contribution < -0.4 is 5.32 Å². The molecule has 0 atom stereocenters. The highest BCUT2D eigenvalue weighted by Gasteiger charge is 2.17. The van der Waals surface area contributed by atoms with E-state index in [1.165, 1.54) is 18.5 Å². The number of rotatable bonds is 3. The second-order valence-corrected chi connectivity index (χ2v) is 5.51. The van der Waals surface area contributed by atoms with Crippen molar-refractivity contribution in [3.63, 3.8) is 0 Å². The van der Waals surface area contributed by atoms with Crippen LogP contribution in [0.15, 0.2) is 24.3 Å². The summed E-state index contributed by atoms with van der Waals surface area (Å²) >= 11 is 5.49. The van der Waals surface area contributed by atoms with Crippen molar-refractivity contribution in [2.45, 2.75) is 20.3 Å². The maximum absolute atomic E-state index is 5.49. The Morgan fingerprint density at radius 2 is 1.79 bits per heavy atom. The van der Waals surface area contributed by atoms with Crippen molar-refractivity contribution >= 4 is 23.0 Å². The Kier molecular flexibility index (Phi) is 5.16. The minimum absolute atomic E-state index is 0.847.